The van der Waals surface area contributed by atoms with Crippen molar-refractivity contribution in [2.75, 3.05) is 31.2 Å². The fraction of sp³-hybridized carbons (Fsp3) is 0.409. The van der Waals surface area contributed by atoms with Crippen molar-refractivity contribution in [3.63, 3.8) is 0 Å². The molecule has 1 unspecified atom stereocenters. The first kappa shape index (κ1) is 17.4. The molecule has 0 radical (unpaired) electrons. The number of hydrogen-bond donors (Lipinski definition) is 0. The van der Waals surface area contributed by atoms with Crippen LogP contribution in [-0.2, 0) is 17.6 Å². The number of aryl methyl sites for hydroxylation is 1. The average Bonchev–Trinajstić information content (AvgIpc) is 3.23. The van der Waals surface area contributed by atoms with Crippen molar-refractivity contribution in [2.24, 2.45) is 0 Å². The summed E-state index contributed by atoms with van der Waals surface area (Å²) >= 11 is 0. The van der Waals surface area contributed by atoms with Gasteiger partial charge in [-0.15, -0.1) is 0 Å². The lowest BCUT2D eigenvalue weighted by atomic mass is 9.81. The molecule has 2 aromatic heterocycles. The van der Waals surface area contributed by atoms with E-state index in [-0.39, 0.29) is 0 Å². The van der Waals surface area contributed by atoms with Crippen molar-refractivity contribution in [1.29, 1.82) is 0 Å². The first-order valence-electron chi connectivity index (χ1n) is 10.1. The number of ether oxygens (including phenoxy) is 1. The first-order chi connectivity index (χ1) is 13.9. The zero-order valence-corrected chi connectivity index (χ0v) is 15.9. The summed E-state index contributed by atoms with van der Waals surface area (Å²) < 4.78 is 11.0. The highest BCUT2D eigenvalue weighted by Crippen LogP contribution is 2.34. The monoisotopic (exact) mass is 376 g/mol. The van der Waals surface area contributed by atoms with E-state index in [2.05, 4.69) is 44.3 Å². The third-order valence-electron chi connectivity index (χ3n) is 5.72. The smallest absolute Gasteiger partial charge is 0.227 e. The molecule has 1 aromatic carbocycles. The van der Waals surface area contributed by atoms with Crippen LogP contribution in [0.4, 0.5) is 5.82 Å². The molecule has 2 aliphatic rings. The van der Waals surface area contributed by atoms with Crippen molar-refractivity contribution in [3.8, 4) is 11.4 Å². The number of aromatic nitrogens is 3. The Balaban J connectivity index is 1.30. The Kier molecular flexibility index (Phi) is 4.79. The van der Waals surface area contributed by atoms with E-state index in [1.54, 1.807) is 0 Å². The van der Waals surface area contributed by atoms with Gasteiger partial charge < -0.3 is 14.2 Å². The summed E-state index contributed by atoms with van der Waals surface area (Å²) in [5, 5.41) is 4.19. The maximum atomic E-state index is 5.57. The number of anilines is 1. The molecular weight excluding hydrogens is 352 g/mol. The van der Waals surface area contributed by atoms with Crippen LogP contribution in [0, 0.1) is 0 Å². The minimum absolute atomic E-state index is 0.458. The summed E-state index contributed by atoms with van der Waals surface area (Å²) in [5.41, 5.74) is 3.78. The van der Waals surface area contributed by atoms with Gasteiger partial charge in [-0.3, -0.25) is 0 Å². The van der Waals surface area contributed by atoms with Crippen LogP contribution in [0.3, 0.4) is 0 Å². The Labute approximate surface area is 164 Å². The average molecular weight is 376 g/mol. The Bertz CT molecular complexity index is 932. The van der Waals surface area contributed by atoms with Gasteiger partial charge in [0, 0.05) is 31.3 Å². The zero-order chi connectivity index (χ0) is 18.8. The van der Waals surface area contributed by atoms with Crippen LogP contribution in [0.5, 0.6) is 0 Å². The number of morpholine rings is 1. The lowest BCUT2D eigenvalue weighted by Gasteiger charge is -2.27. The summed E-state index contributed by atoms with van der Waals surface area (Å²) in [4.78, 5) is 11.5. The van der Waals surface area contributed by atoms with E-state index < -0.39 is 0 Å². The molecule has 0 saturated carbocycles. The van der Waals surface area contributed by atoms with Gasteiger partial charge in [0.25, 0.3) is 0 Å². The zero-order valence-electron chi connectivity index (χ0n) is 15.9. The molecule has 3 aromatic rings. The minimum Gasteiger partial charge on any atom is -0.378 e. The van der Waals surface area contributed by atoms with Crippen molar-refractivity contribution >= 4 is 5.82 Å². The van der Waals surface area contributed by atoms with E-state index in [0.717, 1.165) is 44.1 Å². The van der Waals surface area contributed by atoms with E-state index in [0.29, 0.717) is 17.6 Å². The van der Waals surface area contributed by atoms with Gasteiger partial charge in [-0.1, -0.05) is 29.4 Å². The van der Waals surface area contributed by atoms with Gasteiger partial charge >= 0.3 is 0 Å². The van der Waals surface area contributed by atoms with Crippen LogP contribution in [0.25, 0.3) is 11.4 Å². The van der Waals surface area contributed by atoms with Gasteiger partial charge in [0.05, 0.1) is 13.2 Å². The van der Waals surface area contributed by atoms with Crippen LogP contribution in [0.1, 0.15) is 35.8 Å². The Morgan fingerprint density at radius 3 is 2.82 bits per heavy atom. The Morgan fingerprint density at radius 1 is 1.07 bits per heavy atom. The second-order valence-electron chi connectivity index (χ2n) is 7.51. The minimum atomic E-state index is 0.458. The van der Waals surface area contributed by atoms with E-state index >= 15 is 0 Å². The van der Waals surface area contributed by atoms with Crippen LogP contribution in [0.2, 0.25) is 0 Å². The molecule has 1 aliphatic heterocycles. The summed E-state index contributed by atoms with van der Waals surface area (Å²) in [6, 6.07) is 12.8. The van der Waals surface area contributed by atoms with E-state index in [4.69, 9.17) is 9.26 Å². The van der Waals surface area contributed by atoms with Crippen LogP contribution < -0.4 is 4.90 Å². The van der Waals surface area contributed by atoms with E-state index in [1.807, 2.05) is 18.3 Å². The van der Waals surface area contributed by atoms with Gasteiger partial charge in [-0.05, 0) is 48.4 Å². The molecule has 1 atom stereocenters. The largest absolute Gasteiger partial charge is 0.378 e. The quantitative estimate of drug-likeness (QED) is 0.693. The van der Waals surface area contributed by atoms with E-state index in [9.17, 15) is 0 Å². The van der Waals surface area contributed by atoms with Gasteiger partial charge in [-0.2, -0.15) is 4.98 Å². The van der Waals surface area contributed by atoms with Gasteiger partial charge in [0.2, 0.25) is 11.7 Å². The summed E-state index contributed by atoms with van der Waals surface area (Å²) in [6.45, 7) is 3.26. The first-order valence-corrected chi connectivity index (χ1v) is 10.1. The molecule has 28 heavy (non-hydrogen) atoms. The van der Waals surface area contributed by atoms with Crippen LogP contribution in [0.15, 0.2) is 47.1 Å². The predicted molar refractivity (Wildman–Crippen MR) is 106 cm³/mol. The molecule has 1 aliphatic carbocycles. The SMILES string of the molecule is c1ccc2c(c1)CCCC2Cc1nc(-c2ccc(N3CCOCC3)nc2)no1. The van der Waals surface area contributed by atoms with Crippen molar-refractivity contribution in [3.05, 3.63) is 59.6 Å². The lowest BCUT2D eigenvalue weighted by Crippen LogP contribution is -2.36. The maximum Gasteiger partial charge on any atom is 0.227 e. The molecule has 6 heteroatoms. The highest BCUT2D eigenvalue weighted by molar-refractivity contribution is 5.56. The molecule has 0 bridgehead atoms. The third-order valence-corrected chi connectivity index (χ3v) is 5.72. The molecule has 0 amide bonds. The Hall–Kier alpha value is -2.73. The van der Waals surface area contributed by atoms with Crippen molar-refractivity contribution < 1.29 is 9.26 Å². The fourth-order valence-electron chi connectivity index (χ4n) is 4.23. The molecule has 5 rings (SSSR count). The van der Waals surface area contributed by atoms with Gasteiger partial charge in [-0.25, -0.2) is 4.98 Å². The lowest BCUT2D eigenvalue weighted by molar-refractivity contribution is 0.122. The molecule has 1 fully saturated rings. The second kappa shape index (κ2) is 7.72. The molecule has 0 spiro atoms. The van der Waals surface area contributed by atoms with Crippen molar-refractivity contribution in [2.45, 2.75) is 31.6 Å². The number of rotatable bonds is 4. The predicted octanol–water partition coefficient (Wildman–Crippen LogP) is 3.63. The van der Waals surface area contributed by atoms with E-state index in [1.165, 1.54) is 30.4 Å². The summed E-state index contributed by atoms with van der Waals surface area (Å²) in [7, 11) is 0. The highest BCUT2D eigenvalue weighted by Gasteiger charge is 2.23. The molecule has 6 nitrogen and oxygen atoms in total. The third kappa shape index (κ3) is 3.52. The van der Waals surface area contributed by atoms with Crippen LogP contribution in [-0.4, -0.2) is 41.4 Å². The Morgan fingerprint density at radius 2 is 1.96 bits per heavy atom. The molecule has 0 N–H and O–H groups in total. The van der Waals surface area contributed by atoms with Crippen molar-refractivity contribution in [1.82, 2.24) is 15.1 Å². The fourth-order valence-corrected chi connectivity index (χ4v) is 4.23. The number of hydrogen-bond acceptors (Lipinski definition) is 6. The summed E-state index contributed by atoms with van der Waals surface area (Å²) in [6.07, 6.45) is 6.18. The van der Waals surface area contributed by atoms with Gasteiger partial charge in [0.1, 0.15) is 5.82 Å². The molecule has 3 heterocycles. The molecule has 1 saturated heterocycles. The topological polar surface area (TPSA) is 64.3 Å². The highest BCUT2D eigenvalue weighted by atomic mass is 16.5. The number of nitrogens with zero attached hydrogens (tertiary/aromatic N) is 4. The number of pyridine rings is 1. The molecular formula is C22H24N4O2. The number of fused-ring (bicyclic) bond motifs is 1. The maximum absolute atomic E-state index is 5.57. The number of benzene rings is 1. The van der Waals surface area contributed by atoms with Crippen LogP contribution >= 0.6 is 0 Å². The normalized spacial score (nSPS) is 19.4. The summed E-state index contributed by atoms with van der Waals surface area (Å²) in [5.74, 6) is 2.74. The van der Waals surface area contributed by atoms with Gasteiger partial charge in [0.15, 0.2) is 0 Å². The standard InChI is InChI=1S/C22H24N4O2/c1-2-7-19-16(4-1)5-3-6-17(19)14-21-24-22(25-28-21)18-8-9-20(23-15-18)26-10-12-27-13-11-26/h1-2,4,7-9,15,17H,3,5-6,10-14H2. The molecule has 144 valence electrons. The second-order valence-corrected chi connectivity index (χ2v) is 7.51.